The third-order valence-corrected chi connectivity index (χ3v) is 5.67. The number of hydrogen-bond acceptors (Lipinski definition) is 3. The molecular weight excluding hydrogens is 286 g/mol. The highest BCUT2D eigenvalue weighted by Gasteiger charge is 2.28. The Bertz CT molecular complexity index is 573. The maximum atomic E-state index is 12.5. The monoisotopic (exact) mass is 311 g/mol. The fourth-order valence-corrected chi connectivity index (χ4v) is 4.59. The predicted molar refractivity (Wildman–Crippen MR) is 83.4 cm³/mol. The van der Waals surface area contributed by atoms with Crippen LogP contribution in [0.25, 0.3) is 0 Å². The smallest absolute Gasteiger partial charge is 0.240 e. The van der Waals surface area contributed by atoms with Crippen molar-refractivity contribution >= 4 is 10.0 Å². The molecule has 0 spiro atoms. The third kappa shape index (κ3) is 4.28. The van der Waals surface area contributed by atoms with E-state index >= 15 is 0 Å². The zero-order chi connectivity index (χ0) is 15.6. The molecule has 0 heterocycles. The molecule has 0 amide bonds. The lowest BCUT2D eigenvalue weighted by atomic mass is 9.81. The van der Waals surface area contributed by atoms with Crippen LogP contribution in [0.2, 0.25) is 0 Å². The number of hydrogen-bond donors (Lipinski definition) is 2. The molecule has 5 heteroatoms. The fourth-order valence-electron chi connectivity index (χ4n) is 3.27. The molecular formula is C16H25NO3S. The lowest BCUT2D eigenvalue weighted by Crippen LogP contribution is -2.40. The van der Waals surface area contributed by atoms with E-state index in [0.29, 0.717) is 17.4 Å². The van der Waals surface area contributed by atoms with Crippen LogP contribution in [0, 0.1) is 11.8 Å². The Morgan fingerprint density at radius 3 is 2.38 bits per heavy atom. The maximum absolute atomic E-state index is 12.5. The molecule has 2 N–H and O–H groups in total. The summed E-state index contributed by atoms with van der Waals surface area (Å²) in [6.45, 7) is 5.97. The second kappa shape index (κ2) is 6.46. The van der Waals surface area contributed by atoms with Crippen LogP contribution in [-0.4, -0.2) is 19.6 Å². The van der Waals surface area contributed by atoms with E-state index in [1.54, 1.807) is 31.2 Å². The largest absolute Gasteiger partial charge is 0.389 e. The molecule has 0 aromatic heterocycles. The van der Waals surface area contributed by atoms with Crippen molar-refractivity contribution in [2.75, 3.05) is 0 Å². The minimum atomic E-state index is -3.52. The third-order valence-electron chi connectivity index (χ3n) is 4.15. The molecule has 0 radical (unpaired) electrons. The minimum absolute atomic E-state index is 0.00366. The standard InChI is InChI=1S/C16H25NO3S/c1-11-7-12(2)9-15(8-11)17-21(19,20)16-6-4-5-14(10-16)13(3)18/h4-6,10-13,15,17-18H,7-9H2,1-3H3. The average molecular weight is 311 g/mol. The molecule has 1 aliphatic carbocycles. The van der Waals surface area contributed by atoms with Crippen LogP contribution in [-0.2, 0) is 10.0 Å². The van der Waals surface area contributed by atoms with Crippen LogP contribution in [0.15, 0.2) is 29.2 Å². The first-order valence-corrected chi connectivity index (χ1v) is 9.06. The van der Waals surface area contributed by atoms with Crippen molar-refractivity contribution in [1.29, 1.82) is 0 Å². The summed E-state index contributed by atoms with van der Waals surface area (Å²) in [5.41, 5.74) is 0.614. The summed E-state index contributed by atoms with van der Waals surface area (Å²) >= 11 is 0. The molecule has 1 aromatic carbocycles. The average Bonchev–Trinajstić information content (AvgIpc) is 2.37. The van der Waals surface area contributed by atoms with Crippen molar-refractivity contribution in [3.63, 3.8) is 0 Å². The van der Waals surface area contributed by atoms with Crippen molar-refractivity contribution < 1.29 is 13.5 Å². The minimum Gasteiger partial charge on any atom is -0.389 e. The van der Waals surface area contributed by atoms with Crippen LogP contribution in [0.5, 0.6) is 0 Å². The molecule has 0 aliphatic heterocycles. The molecule has 118 valence electrons. The summed E-state index contributed by atoms with van der Waals surface area (Å²) in [5, 5.41) is 9.59. The SMILES string of the molecule is CC1CC(C)CC(NS(=O)(=O)c2cccc(C(C)O)c2)C1. The van der Waals surface area contributed by atoms with Gasteiger partial charge >= 0.3 is 0 Å². The summed E-state index contributed by atoms with van der Waals surface area (Å²) in [6, 6.07) is 6.52. The summed E-state index contributed by atoms with van der Waals surface area (Å²) in [4.78, 5) is 0.228. The van der Waals surface area contributed by atoms with E-state index in [2.05, 4.69) is 18.6 Å². The van der Waals surface area contributed by atoms with Crippen molar-refractivity contribution in [3.05, 3.63) is 29.8 Å². The first-order valence-electron chi connectivity index (χ1n) is 7.58. The number of aliphatic hydroxyl groups excluding tert-OH is 1. The lowest BCUT2D eigenvalue weighted by molar-refractivity contribution is 0.199. The second-order valence-electron chi connectivity index (χ2n) is 6.48. The van der Waals surface area contributed by atoms with Crippen LogP contribution in [0.1, 0.15) is 51.7 Å². The Labute approximate surface area is 127 Å². The van der Waals surface area contributed by atoms with Gasteiger partial charge in [0.25, 0.3) is 0 Å². The number of rotatable bonds is 4. The molecule has 1 aromatic rings. The van der Waals surface area contributed by atoms with Crippen molar-refractivity contribution in [3.8, 4) is 0 Å². The van der Waals surface area contributed by atoms with E-state index in [9.17, 15) is 13.5 Å². The van der Waals surface area contributed by atoms with Gasteiger partial charge < -0.3 is 5.11 Å². The van der Waals surface area contributed by atoms with E-state index in [4.69, 9.17) is 0 Å². The molecule has 0 bridgehead atoms. The summed E-state index contributed by atoms with van der Waals surface area (Å²) in [6.07, 6.45) is 2.27. The first kappa shape index (κ1) is 16.5. The van der Waals surface area contributed by atoms with Crippen molar-refractivity contribution in [2.24, 2.45) is 11.8 Å². The number of nitrogens with one attached hydrogen (secondary N) is 1. The normalized spacial score (nSPS) is 28.3. The predicted octanol–water partition coefficient (Wildman–Crippen LogP) is 2.84. The van der Waals surface area contributed by atoms with Gasteiger partial charge in [-0.3, -0.25) is 0 Å². The highest BCUT2D eigenvalue weighted by molar-refractivity contribution is 7.89. The Kier molecular flexibility index (Phi) is 5.07. The van der Waals surface area contributed by atoms with Gasteiger partial charge in [0.1, 0.15) is 0 Å². The van der Waals surface area contributed by atoms with Gasteiger partial charge in [0.05, 0.1) is 11.0 Å². The Balaban J connectivity index is 2.16. The number of aliphatic hydroxyl groups is 1. The van der Waals surface area contributed by atoms with Gasteiger partial charge in [0.15, 0.2) is 0 Å². The Morgan fingerprint density at radius 1 is 1.19 bits per heavy atom. The molecule has 1 saturated carbocycles. The van der Waals surface area contributed by atoms with E-state index in [1.807, 2.05) is 0 Å². The van der Waals surface area contributed by atoms with Gasteiger partial charge in [-0.1, -0.05) is 26.0 Å². The Hall–Kier alpha value is -0.910. The fraction of sp³-hybridized carbons (Fsp3) is 0.625. The van der Waals surface area contributed by atoms with Crippen LogP contribution < -0.4 is 4.72 Å². The molecule has 1 fully saturated rings. The van der Waals surface area contributed by atoms with Crippen molar-refractivity contribution in [1.82, 2.24) is 4.72 Å². The summed E-state index contributed by atoms with van der Waals surface area (Å²) in [5.74, 6) is 1.09. The highest BCUT2D eigenvalue weighted by atomic mass is 32.2. The lowest BCUT2D eigenvalue weighted by Gasteiger charge is -2.31. The summed E-state index contributed by atoms with van der Waals surface area (Å²) in [7, 11) is -3.52. The van der Waals surface area contributed by atoms with E-state index < -0.39 is 16.1 Å². The molecule has 0 saturated heterocycles. The van der Waals surface area contributed by atoms with Crippen molar-refractivity contribution in [2.45, 2.75) is 57.1 Å². The van der Waals surface area contributed by atoms with E-state index in [1.165, 1.54) is 0 Å². The first-order chi connectivity index (χ1) is 9.78. The second-order valence-corrected chi connectivity index (χ2v) is 8.20. The van der Waals surface area contributed by atoms with Gasteiger partial charge in [0.2, 0.25) is 10.0 Å². The van der Waals surface area contributed by atoms with E-state index in [-0.39, 0.29) is 10.9 Å². The van der Waals surface area contributed by atoms with Crippen LogP contribution in [0.4, 0.5) is 0 Å². The topological polar surface area (TPSA) is 66.4 Å². The highest BCUT2D eigenvalue weighted by Crippen LogP contribution is 2.29. The zero-order valence-corrected chi connectivity index (χ0v) is 13.7. The Morgan fingerprint density at radius 2 is 1.81 bits per heavy atom. The van der Waals surface area contributed by atoms with Gasteiger partial charge in [0, 0.05) is 6.04 Å². The van der Waals surface area contributed by atoms with Gasteiger partial charge in [-0.25, -0.2) is 13.1 Å². The van der Waals surface area contributed by atoms with E-state index in [0.717, 1.165) is 19.3 Å². The quantitative estimate of drug-likeness (QED) is 0.898. The molecule has 1 aliphatic rings. The summed E-state index contributed by atoms with van der Waals surface area (Å²) < 4.78 is 27.8. The zero-order valence-electron chi connectivity index (χ0n) is 12.9. The molecule has 3 atom stereocenters. The molecule has 2 rings (SSSR count). The van der Waals surface area contributed by atoms with Gasteiger partial charge in [-0.15, -0.1) is 0 Å². The van der Waals surface area contributed by atoms with Gasteiger partial charge in [-0.05, 0) is 55.7 Å². The maximum Gasteiger partial charge on any atom is 0.240 e. The van der Waals surface area contributed by atoms with Crippen LogP contribution >= 0.6 is 0 Å². The number of benzene rings is 1. The molecule has 4 nitrogen and oxygen atoms in total. The van der Waals surface area contributed by atoms with Gasteiger partial charge in [-0.2, -0.15) is 0 Å². The molecule has 3 unspecified atom stereocenters. The number of sulfonamides is 1. The van der Waals surface area contributed by atoms with Crippen LogP contribution in [0.3, 0.4) is 0 Å². The molecule has 21 heavy (non-hydrogen) atoms.